The van der Waals surface area contributed by atoms with Gasteiger partial charge in [0.15, 0.2) is 5.78 Å². The Morgan fingerprint density at radius 1 is 1.33 bits per heavy atom. The predicted octanol–water partition coefficient (Wildman–Crippen LogP) is 2.02. The second-order valence-electron chi connectivity index (χ2n) is 3.88. The molecule has 0 saturated carbocycles. The van der Waals surface area contributed by atoms with Gasteiger partial charge in [0, 0.05) is 25.5 Å². The third-order valence-electron chi connectivity index (χ3n) is 2.63. The number of carbonyl (C=O) groups is 1. The molecule has 2 heterocycles. The summed E-state index contributed by atoms with van der Waals surface area (Å²) < 4.78 is 3.55. The van der Waals surface area contributed by atoms with Crippen molar-refractivity contribution in [2.45, 2.75) is 26.9 Å². The third-order valence-corrected chi connectivity index (χ3v) is 2.63. The molecule has 0 N–H and O–H groups in total. The van der Waals surface area contributed by atoms with E-state index in [0.29, 0.717) is 5.56 Å². The van der Waals surface area contributed by atoms with Gasteiger partial charge in [-0.05, 0) is 32.1 Å². The third kappa shape index (κ3) is 2.74. The summed E-state index contributed by atoms with van der Waals surface area (Å²) in [5.41, 5.74) is 1.39. The van der Waals surface area contributed by atoms with Gasteiger partial charge < -0.3 is 0 Å². The van der Waals surface area contributed by atoms with Crippen LogP contribution in [0.4, 0.5) is 0 Å². The van der Waals surface area contributed by atoms with Gasteiger partial charge in [0.05, 0.1) is 17.5 Å². The average Bonchev–Trinajstić information content (AvgIpc) is 3.04. The lowest BCUT2D eigenvalue weighted by Crippen LogP contribution is -1.95. The molecule has 0 atom stereocenters. The van der Waals surface area contributed by atoms with Crippen LogP contribution in [-0.4, -0.2) is 25.3 Å². The Bertz CT molecular complexity index is 565. The van der Waals surface area contributed by atoms with Gasteiger partial charge in [-0.3, -0.25) is 14.2 Å². The van der Waals surface area contributed by atoms with Crippen molar-refractivity contribution in [3.05, 3.63) is 42.0 Å². The van der Waals surface area contributed by atoms with E-state index in [-0.39, 0.29) is 5.78 Å². The SMILES string of the molecule is CCn1cc(C(=O)/C=C/c2ccn(CC)n2)cn1. The summed E-state index contributed by atoms with van der Waals surface area (Å²) in [6.45, 7) is 5.59. The lowest BCUT2D eigenvalue weighted by atomic mass is 10.2. The minimum Gasteiger partial charge on any atom is -0.289 e. The van der Waals surface area contributed by atoms with E-state index in [2.05, 4.69) is 10.2 Å². The Morgan fingerprint density at radius 3 is 2.72 bits per heavy atom. The molecular formula is C13H16N4O. The highest BCUT2D eigenvalue weighted by Crippen LogP contribution is 2.04. The number of aromatic nitrogens is 4. The van der Waals surface area contributed by atoms with E-state index in [9.17, 15) is 4.79 Å². The van der Waals surface area contributed by atoms with E-state index in [1.807, 2.05) is 30.8 Å². The predicted molar refractivity (Wildman–Crippen MR) is 69.2 cm³/mol. The lowest BCUT2D eigenvalue weighted by molar-refractivity contribution is 0.104. The molecule has 5 nitrogen and oxygen atoms in total. The van der Waals surface area contributed by atoms with Gasteiger partial charge in [0.25, 0.3) is 0 Å². The molecule has 0 fully saturated rings. The fourth-order valence-electron chi connectivity index (χ4n) is 1.56. The fourth-order valence-corrected chi connectivity index (χ4v) is 1.56. The summed E-state index contributed by atoms with van der Waals surface area (Å²) in [6, 6.07) is 1.88. The van der Waals surface area contributed by atoms with Crippen molar-refractivity contribution in [2.75, 3.05) is 0 Å². The maximum absolute atomic E-state index is 11.8. The minimum absolute atomic E-state index is 0.0549. The van der Waals surface area contributed by atoms with Crippen LogP contribution in [0.15, 0.2) is 30.7 Å². The summed E-state index contributed by atoms with van der Waals surface area (Å²) in [4.78, 5) is 11.8. The van der Waals surface area contributed by atoms with Crippen LogP contribution in [0.3, 0.4) is 0 Å². The highest BCUT2D eigenvalue weighted by Gasteiger charge is 2.04. The molecule has 0 amide bonds. The van der Waals surface area contributed by atoms with E-state index < -0.39 is 0 Å². The molecule has 0 spiro atoms. The van der Waals surface area contributed by atoms with Crippen LogP contribution in [0.1, 0.15) is 29.9 Å². The average molecular weight is 244 g/mol. The second-order valence-corrected chi connectivity index (χ2v) is 3.88. The van der Waals surface area contributed by atoms with Gasteiger partial charge in [-0.15, -0.1) is 0 Å². The molecule has 2 rings (SSSR count). The highest BCUT2D eigenvalue weighted by molar-refractivity contribution is 6.06. The van der Waals surface area contributed by atoms with Gasteiger partial charge in [-0.25, -0.2) is 0 Å². The first-order valence-electron chi connectivity index (χ1n) is 6.01. The Kier molecular flexibility index (Phi) is 3.72. The smallest absolute Gasteiger partial charge is 0.189 e. The summed E-state index contributed by atoms with van der Waals surface area (Å²) in [5, 5.41) is 8.34. The number of hydrogen-bond acceptors (Lipinski definition) is 3. The quantitative estimate of drug-likeness (QED) is 0.597. The number of allylic oxidation sites excluding steroid dienone is 1. The van der Waals surface area contributed by atoms with E-state index >= 15 is 0 Å². The Hall–Kier alpha value is -2.17. The molecule has 2 aromatic rings. The monoisotopic (exact) mass is 244 g/mol. The molecule has 0 aliphatic rings. The first kappa shape index (κ1) is 12.3. The molecule has 0 radical (unpaired) electrons. The summed E-state index contributed by atoms with van der Waals surface area (Å²) in [5.74, 6) is -0.0549. The zero-order valence-electron chi connectivity index (χ0n) is 10.6. The zero-order valence-corrected chi connectivity index (χ0v) is 10.6. The zero-order chi connectivity index (χ0) is 13.0. The van der Waals surface area contributed by atoms with Crippen LogP contribution in [-0.2, 0) is 13.1 Å². The Morgan fingerprint density at radius 2 is 2.11 bits per heavy atom. The molecule has 94 valence electrons. The number of nitrogens with zero attached hydrogens (tertiary/aromatic N) is 4. The van der Waals surface area contributed by atoms with E-state index in [1.54, 1.807) is 23.2 Å². The first-order valence-corrected chi connectivity index (χ1v) is 6.01. The summed E-state index contributed by atoms with van der Waals surface area (Å²) >= 11 is 0. The molecule has 0 aliphatic carbocycles. The molecule has 5 heteroatoms. The van der Waals surface area contributed by atoms with E-state index in [4.69, 9.17) is 0 Å². The van der Waals surface area contributed by atoms with Crippen LogP contribution < -0.4 is 0 Å². The number of carbonyl (C=O) groups excluding carboxylic acids is 1. The normalized spacial score (nSPS) is 11.2. The van der Waals surface area contributed by atoms with E-state index in [0.717, 1.165) is 18.8 Å². The number of hydrogen-bond donors (Lipinski definition) is 0. The van der Waals surface area contributed by atoms with Crippen LogP contribution in [0.25, 0.3) is 6.08 Å². The molecular weight excluding hydrogens is 228 g/mol. The number of rotatable bonds is 5. The van der Waals surface area contributed by atoms with Crippen molar-refractivity contribution in [1.29, 1.82) is 0 Å². The summed E-state index contributed by atoms with van der Waals surface area (Å²) in [7, 11) is 0. The molecule has 0 aliphatic heterocycles. The van der Waals surface area contributed by atoms with Crippen molar-refractivity contribution < 1.29 is 4.79 Å². The van der Waals surface area contributed by atoms with Crippen molar-refractivity contribution >= 4 is 11.9 Å². The van der Waals surface area contributed by atoms with Crippen molar-refractivity contribution in [3.8, 4) is 0 Å². The van der Waals surface area contributed by atoms with Crippen LogP contribution in [0, 0.1) is 0 Å². The lowest BCUT2D eigenvalue weighted by Gasteiger charge is -1.91. The van der Waals surface area contributed by atoms with Crippen molar-refractivity contribution in [1.82, 2.24) is 19.6 Å². The number of aryl methyl sites for hydroxylation is 2. The van der Waals surface area contributed by atoms with Crippen molar-refractivity contribution in [3.63, 3.8) is 0 Å². The standard InChI is InChI=1S/C13H16N4O/c1-3-16-8-7-12(15-16)5-6-13(18)11-9-14-17(4-2)10-11/h5-10H,3-4H2,1-2H3/b6-5+. The molecule has 0 aromatic carbocycles. The first-order chi connectivity index (χ1) is 8.72. The molecule has 2 aromatic heterocycles. The van der Waals surface area contributed by atoms with Gasteiger partial charge in [-0.1, -0.05) is 0 Å². The Labute approximate surface area is 106 Å². The van der Waals surface area contributed by atoms with Crippen molar-refractivity contribution in [2.24, 2.45) is 0 Å². The van der Waals surface area contributed by atoms with E-state index in [1.165, 1.54) is 6.08 Å². The van der Waals surface area contributed by atoms with Gasteiger partial charge in [0.1, 0.15) is 0 Å². The van der Waals surface area contributed by atoms with Crippen LogP contribution in [0.5, 0.6) is 0 Å². The summed E-state index contributed by atoms with van der Waals surface area (Å²) in [6.07, 6.45) is 8.47. The minimum atomic E-state index is -0.0549. The second kappa shape index (κ2) is 5.44. The maximum atomic E-state index is 11.8. The fraction of sp³-hybridized carbons (Fsp3) is 0.308. The molecule has 18 heavy (non-hydrogen) atoms. The Balaban J connectivity index is 2.06. The van der Waals surface area contributed by atoms with Crippen LogP contribution >= 0.6 is 0 Å². The van der Waals surface area contributed by atoms with Crippen LogP contribution in [0.2, 0.25) is 0 Å². The maximum Gasteiger partial charge on any atom is 0.189 e. The number of ketones is 1. The van der Waals surface area contributed by atoms with Gasteiger partial charge >= 0.3 is 0 Å². The molecule has 0 unspecified atom stereocenters. The largest absolute Gasteiger partial charge is 0.289 e. The van der Waals surface area contributed by atoms with Gasteiger partial charge in [0.2, 0.25) is 0 Å². The molecule has 0 bridgehead atoms. The highest BCUT2D eigenvalue weighted by atomic mass is 16.1. The van der Waals surface area contributed by atoms with Gasteiger partial charge in [-0.2, -0.15) is 10.2 Å². The molecule has 0 saturated heterocycles. The topological polar surface area (TPSA) is 52.7 Å².